The molecule has 2 aliphatic rings. The quantitative estimate of drug-likeness (QED) is 0.668. The molecule has 3 heteroatoms. The molecule has 0 N–H and O–H groups in total. The zero-order chi connectivity index (χ0) is 13.6. The van der Waals surface area contributed by atoms with E-state index in [1.807, 2.05) is 6.92 Å². The number of ketones is 1. The van der Waals surface area contributed by atoms with E-state index in [-0.39, 0.29) is 11.7 Å². The minimum absolute atomic E-state index is 0.0281. The molecule has 98 valence electrons. The highest BCUT2D eigenvalue weighted by Gasteiger charge is 2.34. The maximum absolute atomic E-state index is 12.4. The predicted octanol–water partition coefficient (Wildman–Crippen LogP) is 3.36. The van der Waals surface area contributed by atoms with Crippen molar-refractivity contribution in [1.29, 1.82) is 0 Å². The summed E-state index contributed by atoms with van der Waals surface area (Å²) >= 11 is 0. The molecule has 0 saturated carbocycles. The van der Waals surface area contributed by atoms with Crippen LogP contribution < -0.4 is 0 Å². The fourth-order valence-corrected chi connectivity index (χ4v) is 2.83. The highest BCUT2D eigenvalue weighted by Crippen LogP contribution is 2.41. The van der Waals surface area contributed by atoms with E-state index in [2.05, 4.69) is 6.92 Å². The molecule has 3 rings (SSSR count). The molecule has 0 spiro atoms. The topological polar surface area (TPSA) is 43.4 Å². The molecule has 0 aromatic heterocycles. The number of fused-ring (bicyclic) bond motifs is 1. The van der Waals surface area contributed by atoms with Gasteiger partial charge in [-0.05, 0) is 24.0 Å². The van der Waals surface area contributed by atoms with Crippen molar-refractivity contribution >= 4 is 11.8 Å². The largest absolute Gasteiger partial charge is 0.427 e. The number of carbonyl (C=O) groups is 2. The highest BCUT2D eigenvalue weighted by molar-refractivity contribution is 6.07. The second kappa shape index (κ2) is 4.34. The van der Waals surface area contributed by atoms with E-state index >= 15 is 0 Å². The third-order valence-corrected chi connectivity index (χ3v) is 4.05. The Morgan fingerprint density at radius 2 is 1.68 bits per heavy atom. The SMILES string of the molecule is CC1CC2=C(CC2C)OC(=O)c2ccccc2C1=O. The van der Waals surface area contributed by atoms with E-state index in [0.29, 0.717) is 23.5 Å². The Balaban J connectivity index is 2.09. The summed E-state index contributed by atoms with van der Waals surface area (Å²) in [5.41, 5.74) is 1.99. The van der Waals surface area contributed by atoms with Crippen molar-refractivity contribution < 1.29 is 14.3 Å². The Morgan fingerprint density at radius 3 is 2.37 bits per heavy atom. The normalized spacial score (nSPS) is 26.4. The van der Waals surface area contributed by atoms with Crippen LogP contribution in [0, 0.1) is 11.8 Å². The van der Waals surface area contributed by atoms with Gasteiger partial charge in [-0.2, -0.15) is 0 Å². The first-order valence-electron chi connectivity index (χ1n) is 6.65. The summed E-state index contributed by atoms with van der Waals surface area (Å²) in [7, 11) is 0. The summed E-state index contributed by atoms with van der Waals surface area (Å²) in [6.45, 7) is 4.03. The average Bonchev–Trinajstić information content (AvgIpc) is 2.44. The zero-order valence-electron chi connectivity index (χ0n) is 11.1. The van der Waals surface area contributed by atoms with Crippen LogP contribution in [0.4, 0.5) is 0 Å². The minimum atomic E-state index is -0.405. The molecule has 19 heavy (non-hydrogen) atoms. The summed E-state index contributed by atoms with van der Waals surface area (Å²) < 4.78 is 5.45. The molecule has 0 radical (unpaired) electrons. The van der Waals surface area contributed by atoms with Crippen molar-refractivity contribution in [3.05, 3.63) is 46.7 Å². The molecular formula is C16H16O3. The van der Waals surface area contributed by atoms with E-state index in [1.165, 1.54) is 0 Å². The first kappa shape index (κ1) is 12.2. The Labute approximate surface area is 112 Å². The Bertz CT molecular complexity index is 598. The van der Waals surface area contributed by atoms with Gasteiger partial charge in [0.15, 0.2) is 5.78 Å². The number of rotatable bonds is 0. The van der Waals surface area contributed by atoms with Gasteiger partial charge in [0.05, 0.1) is 5.56 Å². The molecule has 0 amide bonds. The van der Waals surface area contributed by atoms with Crippen LogP contribution >= 0.6 is 0 Å². The molecule has 1 aromatic rings. The van der Waals surface area contributed by atoms with Crippen LogP contribution in [-0.4, -0.2) is 11.8 Å². The lowest BCUT2D eigenvalue weighted by Crippen LogP contribution is -2.21. The van der Waals surface area contributed by atoms with Gasteiger partial charge in [-0.25, -0.2) is 4.79 Å². The maximum atomic E-state index is 12.4. The Kier molecular flexibility index (Phi) is 2.77. The molecule has 2 unspecified atom stereocenters. The van der Waals surface area contributed by atoms with Crippen LogP contribution in [0.1, 0.15) is 47.4 Å². The van der Waals surface area contributed by atoms with Crippen molar-refractivity contribution in [2.24, 2.45) is 11.8 Å². The van der Waals surface area contributed by atoms with E-state index in [0.717, 1.165) is 17.8 Å². The van der Waals surface area contributed by atoms with Crippen LogP contribution in [0.15, 0.2) is 35.6 Å². The maximum Gasteiger partial charge on any atom is 0.343 e. The summed E-state index contributed by atoms with van der Waals surface area (Å²) in [5.74, 6) is 0.703. The number of esters is 1. The monoisotopic (exact) mass is 256 g/mol. The predicted molar refractivity (Wildman–Crippen MR) is 70.8 cm³/mol. The Morgan fingerprint density at radius 1 is 1.00 bits per heavy atom. The van der Waals surface area contributed by atoms with Crippen molar-refractivity contribution in [3.8, 4) is 0 Å². The lowest BCUT2D eigenvalue weighted by Gasteiger charge is -2.30. The van der Waals surface area contributed by atoms with Crippen LogP contribution in [0.25, 0.3) is 0 Å². The highest BCUT2D eigenvalue weighted by atomic mass is 16.5. The standard InChI is InChI=1S/C16H16O3/c1-9-8-14-13(9)7-10(2)15(17)11-5-3-4-6-12(11)16(18)19-14/h3-6,9-10H,7-8H2,1-2H3. The molecule has 1 heterocycles. The molecule has 1 aliphatic carbocycles. The second-order valence-electron chi connectivity index (χ2n) is 5.46. The number of carbonyl (C=O) groups excluding carboxylic acids is 2. The van der Waals surface area contributed by atoms with Crippen LogP contribution in [0.5, 0.6) is 0 Å². The summed E-state index contributed by atoms with van der Waals surface area (Å²) in [4.78, 5) is 24.6. The van der Waals surface area contributed by atoms with Gasteiger partial charge in [0, 0.05) is 17.9 Å². The number of Topliss-reactive ketones (excluding diaryl/α,β-unsaturated/α-hetero) is 1. The van der Waals surface area contributed by atoms with Gasteiger partial charge in [-0.1, -0.05) is 32.0 Å². The lowest BCUT2D eigenvalue weighted by molar-refractivity contribution is 0.0577. The van der Waals surface area contributed by atoms with E-state index in [4.69, 9.17) is 4.74 Å². The lowest BCUT2D eigenvalue weighted by atomic mass is 9.78. The van der Waals surface area contributed by atoms with Gasteiger partial charge in [0.1, 0.15) is 5.76 Å². The first-order valence-corrected chi connectivity index (χ1v) is 6.65. The minimum Gasteiger partial charge on any atom is -0.427 e. The van der Waals surface area contributed by atoms with Crippen molar-refractivity contribution in [1.82, 2.24) is 0 Å². The summed E-state index contributed by atoms with van der Waals surface area (Å²) in [6.07, 6.45) is 1.49. The van der Waals surface area contributed by atoms with Crippen LogP contribution in [0.2, 0.25) is 0 Å². The third-order valence-electron chi connectivity index (χ3n) is 4.05. The zero-order valence-corrected chi connectivity index (χ0v) is 11.1. The fraction of sp³-hybridized carbons (Fsp3) is 0.375. The van der Waals surface area contributed by atoms with Crippen molar-refractivity contribution in [2.45, 2.75) is 26.7 Å². The molecule has 2 atom stereocenters. The molecule has 1 aliphatic heterocycles. The average molecular weight is 256 g/mol. The molecular weight excluding hydrogens is 240 g/mol. The number of ether oxygens (including phenoxy) is 1. The molecule has 3 nitrogen and oxygen atoms in total. The van der Waals surface area contributed by atoms with Gasteiger partial charge in [0.2, 0.25) is 0 Å². The smallest absolute Gasteiger partial charge is 0.343 e. The van der Waals surface area contributed by atoms with Gasteiger partial charge in [-0.3, -0.25) is 4.79 Å². The molecule has 1 aromatic carbocycles. The van der Waals surface area contributed by atoms with Crippen LogP contribution in [-0.2, 0) is 4.74 Å². The first-order chi connectivity index (χ1) is 9.08. The van der Waals surface area contributed by atoms with E-state index in [1.54, 1.807) is 24.3 Å². The molecule has 0 saturated heterocycles. The van der Waals surface area contributed by atoms with Gasteiger partial charge >= 0.3 is 5.97 Å². The molecule has 0 fully saturated rings. The summed E-state index contributed by atoms with van der Waals surface area (Å²) in [6, 6.07) is 6.91. The van der Waals surface area contributed by atoms with Gasteiger partial charge in [0.25, 0.3) is 0 Å². The van der Waals surface area contributed by atoms with E-state index < -0.39 is 5.97 Å². The van der Waals surface area contributed by atoms with Gasteiger partial charge in [-0.15, -0.1) is 0 Å². The fourth-order valence-electron chi connectivity index (χ4n) is 2.83. The van der Waals surface area contributed by atoms with Crippen LogP contribution in [0.3, 0.4) is 0 Å². The van der Waals surface area contributed by atoms with Gasteiger partial charge < -0.3 is 4.74 Å². The number of hydrogen-bond donors (Lipinski definition) is 0. The number of hydrogen-bond acceptors (Lipinski definition) is 3. The number of allylic oxidation sites excluding steroid dienone is 2. The molecule has 0 bridgehead atoms. The summed E-state index contributed by atoms with van der Waals surface area (Å²) in [5, 5.41) is 0. The number of benzene rings is 1. The van der Waals surface area contributed by atoms with E-state index in [9.17, 15) is 9.59 Å². The second-order valence-corrected chi connectivity index (χ2v) is 5.46. The third kappa shape index (κ3) is 1.89. The van der Waals surface area contributed by atoms with Crippen molar-refractivity contribution in [3.63, 3.8) is 0 Å². The van der Waals surface area contributed by atoms with Crippen molar-refractivity contribution in [2.75, 3.05) is 0 Å². The Hall–Kier alpha value is -1.90.